The van der Waals surface area contributed by atoms with Crippen LogP contribution in [-0.2, 0) is 6.54 Å². The number of nitrogens with two attached hydrogens (primary N) is 1. The second kappa shape index (κ2) is 9.24. The highest BCUT2D eigenvalue weighted by Gasteiger charge is 2.23. The standard InChI is InChI=1S/C23H24ClN5O/c24-19-8-6-16(7-9-19)14-29-12-2-4-18(15-29)22(25)28-23(30)27-21-5-1-3-17-13-26-11-10-20(17)21/h1,3,5-11,13,18H,2,4,12,14-15H2,(H3,25,27,28,30). The van der Waals surface area contributed by atoms with E-state index in [1.165, 1.54) is 5.56 Å². The van der Waals surface area contributed by atoms with Crippen molar-refractivity contribution < 1.29 is 4.79 Å². The van der Waals surface area contributed by atoms with Gasteiger partial charge in [0, 0.05) is 47.2 Å². The fraction of sp³-hybridized carbons (Fsp3) is 0.261. The van der Waals surface area contributed by atoms with Crippen LogP contribution < -0.4 is 11.1 Å². The van der Waals surface area contributed by atoms with Crippen molar-refractivity contribution in [3.05, 3.63) is 71.5 Å². The van der Waals surface area contributed by atoms with E-state index in [1.54, 1.807) is 12.4 Å². The summed E-state index contributed by atoms with van der Waals surface area (Å²) in [5.41, 5.74) is 8.13. The molecule has 0 radical (unpaired) electrons. The molecule has 1 unspecified atom stereocenters. The van der Waals surface area contributed by atoms with Crippen molar-refractivity contribution in [1.82, 2.24) is 9.88 Å². The average molecular weight is 422 g/mol. The Morgan fingerprint density at radius 3 is 2.90 bits per heavy atom. The number of rotatable bonds is 4. The van der Waals surface area contributed by atoms with Crippen molar-refractivity contribution in [2.24, 2.45) is 16.6 Å². The number of anilines is 1. The zero-order chi connectivity index (χ0) is 20.9. The molecule has 1 aliphatic heterocycles. The number of halogens is 1. The van der Waals surface area contributed by atoms with Gasteiger partial charge in [-0.05, 0) is 49.2 Å². The first kappa shape index (κ1) is 20.3. The molecule has 0 bridgehead atoms. The molecule has 3 aromatic rings. The molecule has 7 heteroatoms. The number of hydrogen-bond donors (Lipinski definition) is 2. The molecule has 2 heterocycles. The third-order valence-electron chi connectivity index (χ3n) is 5.40. The molecule has 1 atom stereocenters. The van der Waals surface area contributed by atoms with Gasteiger partial charge in [-0.25, -0.2) is 4.79 Å². The zero-order valence-electron chi connectivity index (χ0n) is 16.6. The Morgan fingerprint density at radius 1 is 1.23 bits per heavy atom. The number of pyridine rings is 1. The van der Waals surface area contributed by atoms with Crippen LogP contribution in [0.2, 0.25) is 5.02 Å². The number of amidine groups is 1. The van der Waals surface area contributed by atoms with Crippen molar-refractivity contribution in [3.8, 4) is 0 Å². The number of benzene rings is 2. The molecule has 2 amide bonds. The lowest BCUT2D eigenvalue weighted by atomic mass is 9.96. The first-order chi connectivity index (χ1) is 14.6. The van der Waals surface area contributed by atoms with Crippen molar-refractivity contribution in [2.45, 2.75) is 19.4 Å². The SMILES string of the molecule is N/C(=N\C(=O)Nc1cccc2cnccc12)C1CCCN(Cc2ccc(Cl)cc2)C1. The van der Waals surface area contributed by atoms with Gasteiger partial charge in [0.2, 0.25) is 0 Å². The van der Waals surface area contributed by atoms with E-state index in [2.05, 4.69) is 20.2 Å². The summed E-state index contributed by atoms with van der Waals surface area (Å²) in [6.45, 7) is 2.62. The number of likely N-dealkylation sites (tertiary alicyclic amines) is 1. The van der Waals surface area contributed by atoms with E-state index in [1.807, 2.05) is 48.5 Å². The Balaban J connectivity index is 1.40. The fourth-order valence-corrected chi connectivity index (χ4v) is 4.00. The summed E-state index contributed by atoms with van der Waals surface area (Å²) in [7, 11) is 0. The largest absolute Gasteiger partial charge is 0.387 e. The number of nitrogens with one attached hydrogen (secondary N) is 1. The van der Waals surface area contributed by atoms with Gasteiger partial charge in [0.05, 0.1) is 5.69 Å². The van der Waals surface area contributed by atoms with E-state index in [0.717, 1.165) is 48.3 Å². The van der Waals surface area contributed by atoms with Crippen molar-refractivity contribution in [3.63, 3.8) is 0 Å². The number of amides is 2. The van der Waals surface area contributed by atoms with Crippen molar-refractivity contribution in [2.75, 3.05) is 18.4 Å². The Hall–Kier alpha value is -2.96. The highest BCUT2D eigenvalue weighted by atomic mass is 35.5. The van der Waals surface area contributed by atoms with E-state index in [0.29, 0.717) is 11.5 Å². The number of aliphatic imine (C=N–C) groups is 1. The molecule has 0 spiro atoms. The smallest absolute Gasteiger partial charge is 0.347 e. The highest BCUT2D eigenvalue weighted by Crippen LogP contribution is 2.23. The maximum absolute atomic E-state index is 12.5. The topological polar surface area (TPSA) is 83.6 Å². The minimum atomic E-state index is -0.452. The van der Waals surface area contributed by atoms with E-state index in [4.69, 9.17) is 17.3 Å². The number of hydrogen-bond acceptors (Lipinski definition) is 3. The lowest BCUT2D eigenvalue weighted by Crippen LogP contribution is -2.41. The summed E-state index contributed by atoms with van der Waals surface area (Å²) in [5, 5.41) is 5.46. The Kier molecular flexibility index (Phi) is 6.26. The Morgan fingerprint density at radius 2 is 2.07 bits per heavy atom. The van der Waals surface area contributed by atoms with Crippen LogP contribution in [0.1, 0.15) is 18.4 Å². The predicted molar refractivity (Wildman–Crippen MR) is 122 cm³/mol. The normalized spacial score (nSPS) is 17.8. The number of nitrogens with zero attached hydrogens (tertiary/aromatic N) is 3. The monoisotopic (exact) mass is 421 g/mol. The van der Waals surface area contributed by atoms with E-state index >= 15 is 0 Å². The van der Waals surface area contributed by atoms with Gasteiger partial charge in [-0.3, -0.25) is 9.88 Å². The maximum Gasteiger partial charge on any atom is 0.347 e. The third kappa shape index (κ3) is 4.96. The molecule has 0 aliphatic carbocycles. The number of fused-ring (bicyclic) bond motifs is 1. The number of piperidine rings is 1. The van der Waals surface area contributed by atoms with Crippen LogP contribution in [0, 0.1) is 5.92 Å². The molecule has 154 valence electrons. The molecular weight excluding hydrogens is 398 g/mol. The number of urea groups is 1. The summed E-state index contributed by atoms with van der Waals surface area (Å²) < 4.78 is 0. The Labute approximate surface area is 180 Å². The van der Waals surface area contributed by atoms with Crippen LogP contribution in [0.25, 0.3) is 10.8 Å². The molecule has 0 saturated carbocycles. The maximum atomic E-state index is 12.5. The summed E-state index contributed by atoms with van der Waals surface area (Å²) in [6, 6.07) is 15.0. The quantitative estimate of drug-likeness (QED) is 0.472. The van der Waals surface area contributed by atoms with E-state index in [9.17, 15) is 4.79 Å². The Bertz CT molecular complexity index is 1060. The summed E-state index contributed by atoms with van der Waals surface area (Å²) >= 11 is 5.97. The lowest BCUT2D eigenvalue weighted by Gasteiger charge is -2.32. The summed E-state index contributed by atoms with van der Waals surface area (Å²) in [5.74, 6) is 0.448. The number of aromatic nitrogens is 1. The zero-order valence-corrected chi connectivity index (χ0v) is 17.3. The van der Waals surface area contributed by atoms with Crippen LogP contribution >= 0.6 is 11.6 Å². The van der Waals surface area contributed by atoms with Crippen molar-refractivity contribution in [1.29, 1.82) is 0 Å². The van der Waals surface area contributed by atoms with Gasteiger partial charge in [-0.1, -0.05) is 35.9 Å². The predicted octanol–water partition coefficient (Wildman–Crippen LogP) is 4.69. The minimum absolute atomic E-state index is 0.0634. The van der Waals surface area contributed by atoms with Crippen LogP contribution in [0.3, 0.4) is 0 Å². The second-order valence-electron chi connectivity index (χ2n) is 7.57. The van der Waals surface area contributed by atoms with Gasteiger partial charge in [0.1, 0.15) is 5.84 Å². The molecular formula is C23H24ClN5O. The van der Waals surface area contributed by atoms with Crippen LogP contribution in [0.15, 0.2) is 65.9 Å². The van der Waals surface area contributed by atoms with Crippen LogP contribution in [0.4, 0.5) is 10.5 Å². The van der Waals surface area contributed by atoms with Crippen LogP contribution in [-0.4, -0.2) is 34.8 Å². The number of carbonyl (C=O) groups excluding carboxylic acids is 1. The second-order valence-corrected chi connectivity index (χ2v) is 8.01. The third-order valence-corrected chi connectivity index (χ3v) is 5.65. The van der Waals surface area contributed by atoms with E-state index in [-0.39, 0.29) is 5.92 Å². The average Bonchev–Trinajstić information content (AvgIpc) is 2.76. The molecule has 1 saturated heterocycles. The van der Waals surface area contributed by atoms with E-state index < -0.39 is 6.03 Å². The minimum Gasteiger partial charge on any atom is -0.387 e. The van der Waals surface area contributed by atoms with Gasteiger partial charge in [-0.15, -0.1) is 0 Å². The molecule has 6 nitrogen and oxygen atoms in total. The first-order valence-corrected chi connectivity index (χ1v) is 10.4. The molecule has 3 N–H and O–H groups in total. The lowest BCUT2D eigenvalue weighted by molar-refractivity contribution is 0.196. The molecule has 30 heavy (non-hydrogen) atoms. The van der Waals surface area contributed by atoms with Gasteiger partial charge in [0.15, 0.2) is 0 Å². The fourth-order valence-electron chi connectivity index (χ4n) is 3.87. The van der Waals surface area contributed by atoms with Gasteiger partial charge in [0.25, 0.3) is 0 Å². The molecule has 1 aromatic heterocycles. The number of carbonyl (C=O) groups is 1. The highest BCUT2D eigenvalue weighted by molar-refractivity contribution is 6.30. The summed E-state index contributed by atoms with van der Waals surface area (Å²) in [6.07, 6.45) is 5.42. The molecule has 1 fully saturated rings. The molecule has 2 aromatic carbocycles. The van der Waals surface area contributed by atoms with Crippen LogP contribution in [0.5, 0.6) is 0 Å². The van der Waals surface area contributed by atoms with Gasteiger partial charge in [-0.2, -0.15) is 4.99 Å². The summed E-state index contributed by atoms with van der Waals surface area (Å²) in [4.78, 5) is 23.1. The molecule has 1 aliphatic rings. The van der Waals surface area contributed by atoms with Crippen molar-refractivity contribution >= 4 is 39.9 Å². The first-order valence-electron chi connectivity index (χ1n) is 10.0. The molecule has 4 rings (SSSR count). The van der Waals surface area contributed by atoms with Gasteiger partial charge >= 0.3 is 6.03 Å². The van der Waals surface area contributed by atoms with Gasteiger partial charge < -0.3 is 11.1 Å².